The molecule has 0 bridgehead atoms. The lowest BCUT2D eigenvalue weighted by molar-refractivity contribution is 0.121. The van der Waals surface area contributed by atoms with Crippen molar-refractivity contribution in [2.24, 2.45) is 0 Å². The van der Waals surface area contributed by atoms with Crippen molar-refractivity contribution >= 4 is 76.0 Å². The second kappa shape index (κ2) is 13.4. The normalized spacial score (nSPS) is 15.1. The molecule has 0 saturated carbocycles. The van der Waals surface area contributed by atoms with E-state index in [1.165, 1.54) is 26.6 Å². The fourth-order valence-corrected chi connectivity index (χ4v) is 8.65. The third-order valence-corrected chi connectivity index (χ3v) is 11.3. The smallest absolute Gasteiger partial charge is 0.200 e. The first-order valence-corrected chi connectivity index (χ1v) is 18.4. The molecule has 5 aromatic carbocycles. The standard InChI is InChI=1S/C26H21NO2S.C17H15NO3/c28-22-16-24(27-14-4-1-5-15-27)29-25-18(9-6-12-21(22)25)20-11-7-10-19-17-8-2-3-13-23(17)30-26(19)20;19-15-11-16(18-7-9-20-10-8-18)21-17-13-4-2-1-3-12(13)5-6-14(15)17/h2-3,6-13,16H,1,4-5,14-15H2;1-6,11H,7-10H2. The molecule has 0 amide bonds. The number of fused-ring (bicyclic) bond motifs is 7. The van der Waals surface area contributed by atoms with Gasteiger partial charge in [0.1, 0.15) is 11.2 Å². The average Bonchev–Trinajstić information content (AvgIpc) is 3.58. The van der Waals surface area contributed by atoms with Crippen LogP contribution in [0.2, 0.25) is 0 Å². The van der Waals surface area contributed by atoms with E-state index in [1.807, 2.05) is 48.5 Å². The molecule has 8 aromatic rings. The first kappa shape index (κ1) is 31.5. The summed E-state index contributed by atoms with van der Waals surface area (Å²) in [7, 11) is 0. The molecule has 5 heterocycles. The molecule has 0 unspecified atom stereocenters. The second-order valence-electron chi connectivity index (χ2n) is 13.2. The van der Waals surface area contributed by atoms with Gasteiger partial charge in [-0.3, -0.25) is 9.59 Å². The Morgan fingerprint density at radius 1 is 0.510 bits per heavy atom. The minimum absolute atomic E-state index is 0.00324. The van der Waals surface area contributed by atoms with Gasteiger partial charge in [0.15, 0.2) is 22.6 Å². The van der Waals surface area contributed by atoms with Gasteiger partial charge in [-0.2, -0.15) is 0 Å². The zero-order chi connectivity index (χ0) is 34.3. The van der Waals surface area contributed by atoms with Gasteiger partial charge in [-0.15, -0.1) is 11.3 Å². The number of thiophene rings is 1. The summed E-state index contributed by atoms with van der Waals surface area (Å²) in [5, 5.41) is 5.85. The third-order valence-electron chi connectivity index (χ3n) is 10.0. The molecule has 2 aliphatic rings. The van der Waals surface area contributed by atoms with Crippen molar-refractivity contribution < 1.29 is 13.6 Å². The van der Waals surface area contributed by atoms with Crippen molar-refractivity contribution in [2.45, 2.75) is 19.3 Å². The van der Waals surface area contributed by atoms with Crippen LogP contribution in [0.15, 0.2) is 128 Å². The monoisotopic (exact) mass is 692 g/mol. The minimum atomic E-state index is 0.00324. The van der Waals surface area contributed by atoms with Gasteiger partial charge in [0.05, 0.1) is 24.0 Å². The molecule has 7 nitrogen and oxygen atoms in total. The zero-order valence-corrected chi connectivity index (χ0v) is 28.9. The second-order valence-corrected chi connectivity index (χ2v) is 14.2. The van der Waals surface area contributed by atoms with Crippen molar-refractivity contribution in [1.29, 1.82) is 0 Å². The van der Waals surface area contributed by atoms with Crippen LogP contribution in [0.5, 0.6) is 0 Å². The van der Waals surface area contributed by atoms with Crippen LogP contribution in [0.4, 0.5) is 11.8 Å². The molecule has 0 spiro atoms. The van der Waals surface area contributed by atoms with Crippen LogP contribution in [0.25, 0.3) is 64.0 Å². The van der Waals surface area contributed by atoms with Crippen LogP contribution in [-0.2, 0) is 4.74 Å². The highest BCUT2D eigenvalue weighted by Crippen LogP contribution is 2.42. The van der Waals surface area contributed by atoms with Gasteiger partial charge in [0.2, 0.25) is 0 Å². The molecule has 2 saturated heterocycles. The average molecular weight is 693 g/mol. The summed E-state index contributed by atoms with van der Waals surface area (Å²) in [6.07, 6.45) is 3.53. The van der Waals surface area contributed by atoms with Gasteiger partial charge in [-0.1, -0.05) is 78.9 Å². The van der Waals surface area contributed by atoms with Crippen molar-refractivity contribution in [3.05, 3.63) is 130 Å². The summed E-state index contributed by atoms with van der Waals surface area (Å²) >= 11 is 1.80. The third kappa shape index (κ3) is 5.84. The molecule has 254 valence electrons. The highest BCUT2D eigenvalue weighted by Gasteiger charge is 2.19. The molecule has 0 radical (unpaired) electrons. The van der Waals surface area contributed by atoms with Crippen molar-refractivity contribution in [2.75, 3.05) is 49.2 Å². The molecular formula is C43H36N2O5S. The summed E-state index contributed by atoms with van der Waals surface area (Å²) < 4.78 is 20.3. The van der Waals surface area contributed by atoms with E-state index >= 15 is 0 Å². The molecule has 8 heteroatoms. The van der Waals surface area contributed by atoms with Crippen LogP contribution in [-0.4, -0.2) is 39.4 Å². The molecule has 2 aliphatic heterocycles. The highest BCUT2D eigenvalue weighted by molar-refractivity contribution is 7.26. The number of nitrogens with zero attached hydrogens (tertiary/aromatic N) is 2. The van der Waals surface area contributed by atoms with Gasteiger partial charge in [-0.05, 0) is 42.8 Å². The topological polar surface area (TPSA) is 76.1 Å². The van der Waals surface area contributed by atoms with E-state index in [0.717, 1.165) is 60.9 Å². The maximum atomic E-state index is 12.9. The molecule has 2 fully saturated rings. The molecule has 10 rings (SSSR count). The first-order valence-electron chi connectivity index (χ1n) is 17.6. The van der Waals surface area contributed by atoms with E-state index in [-0.39, 0.29) is 10.9 Å². The fraction of sp³-hybridized carbons (Fsp3) is 0.209. The Labute approximate surface area is 297 Å². The van der Waals surface area contributed by atoms with Crippen molar-refractivity contribution in [1.82, 2.24) is 0 Å². The molecule has 3 aromatic heterocycles. The lowest BCUT2D eigenvalue weighted by atomic mass is 10.0. The number of rotatable bonds is 3. The number of morpholine rings is 1. The van der Waals surface area contributed by atoms with E-state index in [9.17, 15) is 9.59 Å². The predicted molar refractivity (Wildman–Crippen MR) is 210 cm³/mol. The zero-order valence-electron chi connectivity index (χ0n) is 28.1. The maximum Gasteiger partial charge on any atom is 0.200 e. The molecule has 0 aliphatic carbocycles. The predicted octanol–water partition coefficient (Wildman–Crippen LogP) is 9.60. The number of para-hydroxylation sites is 1. The molecular weight excluding hydrogens is 657 g/mol. The van der Waals surface area contributed by atoms with E-state index < -0.39 is 0 Å². The SMILES string of the molecule is O=c1cc(N2CCCCC2)oc2c(-c3cccc4c3sc3ccccc34)cccc12.O=c1cc(N2CCOCC2)oc2c1ccc1ccccc12. The van der Waals surface area contributed by atoms with Gasteiger partial charge in [-0.25, -0.2) is 0 Å². The molecule has 0 N–H and O–H groups in total. The number of anilines is 2. The highest BCUT2D eigenvalue weighted by atomic mass is 32.1. The van der Waals surface area contributed by atoms with Crippen LogP contribution in [0.3, 0.4) is 0 Å². The van der Waals surface area contributed by atoms with Crippen LogP contribution >= 0.6 is 11.3 Å². The first-order chi connectivity index (χ1) is 25.1. The number of piperidine rings is 1. The Morgan fingerprint density at radius 3 is 1.90 bits per heavy atom. The summed E-state index contributed by atoms with van der Waals surface area (Å²) in [6.45, 7) is 4.72. The maximum absolute atomic E-state index is 12.9. The van der Waals surface area contributed by atoms with Gasteiger partial charge < -0.3 is 23.4 Å². The molecule has 0 atom stereocenters. The lowest BCUT2D eigenvalue weighted by Crippen LogP contribution is -2.36. The van der Waals surface area contributed by atoms with Crippen molar-refractivity contribution in [3.63, 3.8) is 0 Å². The Morgan fingerprint density at radius 2 is 1.12 bits per heavy atom. The Balaban J connectivity index is 0.000000146. The van der Waals surface area contributed by atoms with Gasteiger partial charge >= 0.3 is 0 Å². The van der Waals surface area contributed by atoms with E-state index in [1.54, 1.807) is 23.5 Å². The van der Waals surface area contributed by atoms with Gasteiger partial charge in [0, 0.05) is 75.0 Å². The summed E-state index contributed by atoms with van der Waals surface area (Å²) in [5.41, 5.74) is 3.50. The van der Waals surface area contributed by atoms with Crippen LogP contribution < -0.4 is 20.7 Å². The number of ether oxygens (including phenoxy) is 1. The number of hydrogen-bond donors (Lipinski definition) is 0. The van der Waals surface area contributed by atoms with Crippen LogP contribution in [0.1, 0.15) is 19.3 Å². The fourth-order valence-electron chi connectivity index (χ4n) is 7.42. The van der Waals surface area contributed by atoms with E-state index in [4.69, 9.17) is 13.6 Å². The quantitative estimate of drug-likeness (QED) is 0.171. The molecule has 51 heavy (non-hydrogen) atoms. The lowest BCUT2D eigenvalue weighted by Gasteiger charge is -2.27. The minimum Gasteiger partial charge on any atom is -0.440 e. The Kier molecular flexibility index (Phi) is 8.26. The summed E-state index contributed by atoms with van der Waals surface area (Å²) in [5.74, 6) is 1.33. The number of benzene rings is 5. The summed E-state index contributed by atoms with van der Waals surface area (Å²) in [4.78, 5) is 29.6. The number of hydrogen-bond acceptors (Lipinski definition) is 8. The summed E-state index contributed by atoms with van der Waals surface area (Å²) in [6, 6.07) is 35.8. The Hall–Kier alpha value is -5.44. The largest absolute Gasteiger partial charge is 0.440 e. The van der Waals surface area contributed by atoms with Crippen LogP contribution in [0, 0.1) is 0 Å². The van der Waals surface area contributed by atoms with Gasteiger partial charge in [0.25, 0.3) is 0 Å². The Bertz CT molecular complexity index is 2680. The van der Waals surface area contributed by atoms with E-state index in [0.29, 0.717) is 46.9 Å². The van der Waals surface area contributed by atoms with Crippen molar-refractivity contribution in [3.8, 4) is 11.1 Å². The van der Waals surface area contributed by atoms with E-state index in [2.05, 4.69) is 58.3 Å².